The second-order valence-electron chi connectivity index (χ2n) is 5.47. The molecule has 0 spiro atoms. The molecule has 0 nitrogen and oxygen atoms in total. The van der Waals surface area contributed by atoms with E-state index in [-0.39, 0.29) is 0 Å². The number of benzene rings is 3. The second kappa shape index (κ2) is 5.63. The topological polar surface area (TPSA) is 0 Å². The molecule has 0 saturated carbocycles. The van der Waals surface area contributed by atoms with E-state index in [1.54, 1.807) is 0 Å². The van der Waals surface area contributed by atoms with Gasteiger partial charge in [0.1, 0.15) is 0 Å². The van der Waals surface area contributed by atoms with Gasteiger partial charge in [-0.2, -0.15) is 0 Å². The molecule has 0 aromatic heterocycles. The molecule has 1 aliphatic rings. The number of hydrogen-bond acceptors (Lipinski definition) is 0. The van der Waals surface area contributed by atoms with Gasteiger partial charge in [-0.1, -0.05) is 66.0 Å². The summed E-state index contributed by atoms with van der Waals surface area (Å²) in [4.78, 5) is 0. The van der Waals surface area contributed by atoms with Crippen LogP contribution in [0, 0.1) is 0 Å². The molecule has 3 heteroatoms. The van der Waals surface area contributed by atoms with Crippen LogP contribution in [0.2, 0.25) is 0 Å². The Morgan fingerprint density at radius 3 is 1.55 bits per heavy atom. The van der Waals surface area contributed by atoms with Crippen molar-refractivity contribution in [3.8, 4) is 22.3 Å². The molecule has 4 rings (SSSR count). The molecule has 0 radical (unpaired) electrons. The number of halogens is 3. The molecule has 0 heterocycles. The molecular formula is C19H11Br3. The van der Waals surface area contributed by atoms with E-state index in [9.17, 15) is 0 Å². The molecule has 0 saturated heterocycles. The standard InChI is InChI=1S/C19H11Br3/c20-13-3-1-11-7-12-2-4-14(21)9-18(12)19-10-15(22)5-6-16(19)17(11)8-13/h1-6,8-10H,7H2. The maximum Gasteiger partial charge on any atom is 0.0181 e. The quantitative estimate of drug-likeness (QED) is 0.250. The summed E-state index contributed by atoms with van der Waals surface area (Å²) in [5.41, 5.74) is 7.91. The zero-order valence-corrected chi connectivity index (χ0v) is 16.3. The van der Waals surface area contributed by atoms with E-state index < -0.39 is 0 Å². The van der Waals surface area contributed by atoms with Crippen molar-refractivity contribution in [2.24, 2.45) is 0 Å². The first-order valence-corrected chi connectivity index (χ1v) is 9.37. The Morgan fingerprint density at radius 2 is 0.955 bits per heavy atom. The van der Waals surface area contributed by atoms with Crippen molar-refractivity contribution in [1.29, 1.82) is 0 Å². The Morgan fingerprint density at radius 1 is 0.500 bits per heavy atom. The molecule has 0 bridgehead atoms. The van der Waals surface area contributed by atoms with Crippen LogP contribution in [-0.4, -0.2) is 0 Å². The normalized spacial score (nSPS) is 12.1. The third kappa shape index (κ3) is 2.49. The Balaban J connectivity index is 2.12. The van der Waals surface area contributed by atoms with Crippen LogP contribution in [0.25, 0.3) is 22.3 Å². The zero-order chi connectivity index (χ0) is 15.3. The van der Waals surface area contributed by atoms with E-state index in [0.29, 0.717) is 0 Å². The van der Waals surface area contributed by atoms with Crippen molar-refractivity contribution in [2.75, 3.05) is 0 Å². The molecule has 0 atom stereocenters. The molecule has 0 aliphatic heterocycles. The van der Waals surface area contributed by atoms with Crippen LogP contribution in [-0.2, 0) is 6.42 Å². The molecule has 22 heavy (non-hydrogen) atoms. The van der Waals surface area contributed by atoms with Crippen molar-refractivity contribution < 1.29 is 0 Å². The summed E-state index contributed by atoms with van der Waals surface area (Å²) in [6.07, 6.45) is 0.956. The SMILES string of the molecule is Brc1ccc2c(c1)-c1ccc(Br)cc1-c1cc(Br)ccc1C2. The van der Waals surface area contributed by atoms with Gasteiger partial charge in [0.2, 0.25) is 0 Å². The summed E-state index contributed by atoms with van der Waals surface area (Å²) >= 11 is 10.8. The lowest BCUT2D eigenvalue weighted by molar-refractivity contribution is 1.21. The first-order chi connectivity index (χ1) is 10.6. The maximum absolute atomic E-state index is 3.62. The minimum atomic E-state index is 0.956. The fourth-order valence-corrected chi connectivity index (χ4v) is 4.17. The second-order valence-corrected chi connectivity index (χ2v) is 8.22. The van der Waals surface area contributed by atoms with E-state index in [0.717, 1.165) is 19.8 Å². The average molecular weight is 479 g/mol. The van der Waals surface area contributed by atoms with Gasteiger partial charge in [0, 0.05) is 13.4 Å². The fraction of sp³-hybridized carbons (Fsp3) is 0.0526. The van der Waals surface area contributed by atoms with Gasteiger partial charge in [-0.05, 0) is 76.2 Å². The summed E-state index contributed by atoms with van der Waals surface area (Å²) in [5.74, 6) is 0. The van der Waals surface area contributed by atoms with E-state index in [2.05, 4.69) is 102 Å². The molecule has 0 unspecified atom stereocenters. The predicted octanol–water partition coefficient (Wildman–Crippen LogP) is 7.21. The van der Waals surface area contributed by atoms with Crippen molar-refractivity contribution in [3.05, 3.63) is 79.1 Å². The Kier molecular flexibility index (Phi) is 3.75. The highest BCUT2D eigenvalue weighted by atomic mass is 79.9. The first kappa shape index (κ1) is 14.7. The summed E-state index contributed by atoms with van der Waals surface area (Å²) < 4.78 is 3.34. The lowest BCUT2D eigenvalue weighted by atomic mass is 9.95. The van der Waals surface area contributed by atoms with Gasteiger partial charge in [-0.3, -0.25) is 0 Å². The van der Waals surface area contributed by atoms with Crippen LogP contribution in [0.15, 0.2) is 68.0 Å². The summed E-state index contributed by atoms with van der Waals surface area (Å²) in [6, 6.07) is 19.7. The molecule has 108 valence electrons. The predicted molar refractivity (Wildman–Crippen MR) is 103 cm³/mol. The molecule has 3 aromatic rings. The van der Waals surface area contributed by atoms with E-state index in [4.69, 9.17) is 0 Å². The van der Waals surface area contributed by atoms with Gasteiger partial charge in [-0.15, -0.1) is 0 Å². The average Bonchev–Trinajstić information content (AvgIpc) is 2.62. The van der Waals surface area contributed by atoms with Crippen molar-refractivity contribution in [3.63, 3.8) is 0 Å². The highest BCUT2D eigenvalue weighted by Gasteiger charge is 2.19. The molecule has 0 N–H and O–H groups in total. The third-order valence-corrected chi connectivity index (χ3v) is 5.57. The summed E-state index contributed by atoms with van der Waals surface area (Å²) in [7, 11) is 0. The zero-order valence-electron chi connectivity index (χ0n) is 11.5. The van der Waals surface area contributed by atoms with Gasteiger partial charge < -0.3 is 0 Å². The number of rotatable bonds is 0. The van der Waals surface area contributed by atoms with Gasteiger partial charge in [0.15, 0.2) is 0 Å². The van der Waals surface area contributed by atoms with Gasteiger partial charge >= 0.3 is 0 Å². The van der Waals surface area contributed by atoms with Crippen molar-refractivity contribution >= 4 is 47.8 Å². The fourth-order valence-electron chi connectivity index (χ4n) is 3.09. The van der Waals surface area contributed by atoms with Crippen LogP contribution >= 0.6 is 47.8 Å². The van der Waals surface area contributed by atoms with Crippen LogP contribution in [0.1, 0.15) is 11.1 Å². The van der Waals surface area contributed by atoms with Crippen LogP contribution < -0.4 is 0 Å². The Labute approximate surface area is 155 Å². The molecular weight excluding hydrogens is 468 g/mol. The highest BCUT2D eigenvalue weighted by Crippen LogP contribution is 2.43. The van der Waals surface area contributed by atoms with E-state index in [1.807, 2.05) is 0 Å². The minimum absolute atomic E-state index is 0.956. The van der Waals surface area contributed by atoms with Crippen LogP contribution in [0.4, 0.5) is 0 Å². The Bertz CT molecular complexity index is 897. The van der Waals surface area contributed by atoms with Crippen molar-refractivity contribution in [2.45, 2.75) is 6.42 Å². The molecule has 0 fully saturated rings. The molecule has 0 amide bonds. The molecule has 1 aliphatic carbocycles. The Hall–Kier alpha value is -0.900. The van der Waals surface area contributed by atoms with Gasteiger partial charge in [0.25, 0.3) is 0 Å². The summed E-state index contributed by atoms with van der Waals surface area (Å²) in [5, 5.41) is 0. The van der Waals surface area contributed by atoms with E-state index in [1.165, 1.54) is 33.4 Å². The van der Waals surface area contributed by atoms with Gasteiger partial charge in [-0.25, -0.2) is 0 Å². The lowest BCUT2D eigenvalue weighted by Crippen LogP contribution is -1.90. The summed E-state index contributed by atoms with van der Waals surface area (Å²) in [6.45, 7) is 0. The maximum atomic E-state index is 3.62. The smallest absolute Gasteiger partial charge is 0.0181 e. The number of fused-ring (bicyclic) bond motifs is 5. The number of hydrogen-bond donors (Lipinski definition) is 0. The lowest BCUT2D eigenvalue weighted by Gasteiger charge is -2.11. The van der Waals surface area contributed by atoms with Crippen molar-refractivity contribution in [1.82, 2.24) is 0 Å². The third-order valence-electron chi connectivity index (χ3n) is 4.09. The van der Waals surface area contributed by atoms with E-state index >= 15 is 0 Å². The monoisotopic (exact) mass is 476 g/mol. The molecule has 3 aromatic carbocycles. The minimum Gasteiger partial charge on any atom is -0.0570 e. The van der Waals surface area contributed by atoms with Gasteiger partial charge in [0.05, 0.1) is 0 Å². The highest BCUT2D eigenvalue weighted by molar-refractivity contribution is 9.11. The van der Waals surface area contributed by atoms with Crippen LogP contribution in [0.5, 0.6) is 0 Å². The first-order valence-electron chi connectivity index (χ1n) is 6.99. The van der Waals surface area contributed by atoms with Crippen LogP contribution in [0.3, 0.4) is 0 Å². The largest absolute Gasteiger partial charge is 0.0570 e.